The number of amides is 1. The van der Waals surface area contributed by atoms with Crippen molar-refractivity contribution in [2.24, 2.45) is 5.73 Å². The van der Waals surface area contributed by atoms with E-state index in [1.807, 2.05) is 6.92 Å². The van der Waals surface area contributed by atoms with Crippen LogP contribution in [0.15, 0.2) is 0 Å². The molecule has 0 atom stereocenters. The average molecular weight is 268 g/mol. The van der Waals surface area contributed by atoms with Crippen LogP contribution in [-0.4, -0.2) is 40.6 Å². The summed E-state index contributed by atoms with van der Waals surface area (Å²) in [6.45, 7) is 4.95. The van der Waals surface area contributed by atoms with Crippen LogP contribution in [0.4, 0.5) is 11.9 Å². The van der Waals surface area contributed by atoms with Gasteiger partial charge in [0.05, 0.1) is 13.2 Å². The van der Waals surface area contributed by atoms with Crippen LogP contribution >= 0.6 is 0 Å². The van der Waals surface area contributed by atoms with Gasteiger partial charge in [0, 0.05) is 6.54 Å². The molecule has 0 aromatic carbocycles. The van der Waals surface area contributed by atoms with Gasteiger partial charge in [-0.15, -0.1) is 0 Å². The van der Waals surface area contributed by atoms with Crippen LogP contribution in [0, 0.1) is 0 Å². The molecular formula is C11H20N6O2. The Kier molecular flexibility index (Phi) is 5.77. The Balaban J connectivity index is 2.95. The molecule has 0 aliphatic heterocycles. The Morgan fingerprint density at radius 2 is 2.05 bits per heavy atom. The first-order chi connectivity index (χ1) is 9.06. The van der Waals surface area contributed by atoms with Crippen LogP contribution in [0.5, 0.6) is 6.01 Å². The van der Waals surface area contributed by atoms with Gasteiger partial charge in [-0.3, -0.25) is 4.79 Å². The summed E-state index contributed by atoms with van der Waals surface area (Å²) in [7, 11) is 0. The molecule has 0 unspecified atom stereocenters. The van der Waals surface area contributed by atoms with Gasteiger partial charge in [-0.25, -0.2) is 0 Å². The van der Waals surface area contributed by atoms with E-state index in [1.165, 1.54) is 0 Å². The third-order valence-corrected chi connectivity index (χ3v) is 2.30. The molecule has 0 bridgehead atoms. The highest BCUT2D eigenvalue weighted by molar-refractivity contribution is 5.78. The molecule has 1 amide bonds. The zero-order valence-electron chi connectivity index (χ0n) is 11.3. The summed E-state index contributed by atoms with van der Waals surface area (Å²) >= 11 is 0. The normalized spacial score (nSPS) is 10.2. The third kappa shape index (κ3) is 4.94. The van der Waals surface area contributed by atoms with E-state index in [2.05, 4.69) is 21.9 Å². The molecule has 0 saturated heterocycles. The van der Waals surface area contributed by atoms with Crippen LogP contribution in [-0.2, 0) is 4.79 Å². The number of nitrogens with two attached hydrogens (primary N) is 2. The highest BCUT2D eigenvalue weighted by Crippen LogP contribution is 2.14. The Labute approximate surface area is 112 Å². The summed E-state index contributed by atoms with van der Waals surface area (Å²) < 4.78 is 5.20. The minimum absolute atomic E-state index is 0.0367. The van der Waals surface area contributed by atoms with E-state index in [4.69, 9.17) is 16.2 Å². The van der Waals surface area contributed by atoms with Gasteiger partial charge >= 0.3 is 6.01 Å². The number of anilines is 2. The van der Waals surface area contributed by atoms with Crippen LogP contribution < -0.4 is 21.1 Å². The maximum atomic E-state index is 11.1. The van der Waals surface area contributed by atoms with E-state index in [9.17, 15) is 4.79 Å². The van der Waals surface area contributed by atoms with E-state index in [-0.39, 0.29) is 18.5 Å². The van der Waals surface area contributed by atoms with Crippen molar-refractivity contribution in [1.29, 1.82) is 0 Å². The first-order valence-corrected chi connectivity index (χ1v) is 6.24. The minimum Gasteiger partial charge on any atom is -0.464 e. The maximum absolute atomic E-state index is 11.1. The quantitative estimate of drug-likeness (QED) is 0.677. The second kappa shape index (κ2) is 7.34. The Bertz CT molecular complexity index is 426. The van der Waals surface area contributed by atoms with Crippen molar-refractivity contribution < 1.29 is 9.53 Å². The van der Waals surface area contributed by atoms with Crippen LogP contribution in [0.3, 0.4) is 0 Å². The highest BCUT2D eigenvalue weighted by atomic mass is 16.5. The Hall–Kier alpha value is -2.12. The van der Waals surface area contributed by atoms with Crippen molar-refractivity contribution in [2.45, 2.75) is 26.7 Å². The predicted molar refractivity (Wildman–Crippen MR) is 71.7 cm³/mol. The number of unbranched alkanes of at least 4 members (excludes halogenated alkanes) is 1. The van der Waals surface area contributed by atoms with Crippen molar-refractivity contribution in [3.63, 3.8) is 0 Å². The molecule has 4 N–H and O–H groups in total. The molecule has 0 fully saturated rings. The summed E-state index contributed by atoms with van der Waals surface area (Å²) in [5, 5.41) is 0. The van der Waals surface area contributed by atoms with E-state index >= 15 is 0 Å². The Morgan fingerprint density at radius 1 is 1.32 bits per heavy atom. The van der Waals surface area contributed by atoms with Gasteiger partial charge in [0.1, 0.15) is 0 Å². The van der Waals surface area contributed by atoms with Crippen LogP contribution in [0.2, 0.25) is 0 Å². The first-order valence-electron chi connectivity index (χ1n) is 6.24. The van der Waals surface area contributed by atoms with Crippen molar-refractivity contribution in [3.8, 4) is 6.01 Å². The lowest BCUT2D eigenvalue weighted by atomic mass is 10.3. The second-order valence-corrected chi connectivity index (χ2v) is 3.95. The third-order valence-electron chi connectivity index (χ3n) is 2.30. The molecule has 1 heterocycles. The average Bonchev–Trinajstić information content (AvgIpc) is 2.33. The number of carbonyl (C=O) groups is 1. The lowest BCUT2D eigenvalue weighted by Gasteiger charge is -2.20. The molecule has 1 rings (SSSR count). The van der Waals surface area contributed by atoms with Crippen LogP contribution in [0.25, 0.3) is 0 Å². The molecule has 1 aromatic heterocycles. The largest absolute Gasteiger partial charge is 0.464 e. The van der Waals surface area contributed by atoms with Crippen molar-refractivity contribution >= 4 is 17.8 Å². The molecule has 8 nitrogen and oxygen atoms in total. The molecule has 0 aliphatic rings. The summed E-state index contributed by atoms with van der Waals surface area (Å²) in [4.78, 5) is 24.8. The number of ether oxygens (including phenoxy) is 1. The topological polar surface area (TPSA) is 120 Å². The molecule has 106 valence electrons. The zero-order chi connectivity index (χ0) is 14.3. The van der Waals surface area contributed by atoms with Crippen molar-refractivity contribution in [2.75, 3.05) is 30.3 Å². The van der Waals surface area contributed by atoms with Gasteiger partial charge in [0.25, 0.3) is 0 Å². The number of primary amides is 1. The zero-order valence-corrected chi connectivity index (χ0v) is 11.3. The summed E-state index contributed by atoms with van der Waals surface area (Å²) in [6, 6.07) is 0.149. The fourth-order valence-corrected chi connectivity index (χ4v) is 1.48. The predicted octanol–water partition coefficient (Wildman–Crippen LogP) is -0.0557. The van der Waals surface area contributed by atoms with Gasteiger partial charge in [-0.05, 0) is 13.3 Å². The lowest BCUT2D eigenvalue weighted by molar-refractivity contribution is -0.116. The van der Waals surface area contributed by atoms with Crippen molar-refractivity contribution in [1.82, 2.24) is 15.0 Å². The number of nitrogen functional groups attached to an aromatic ring is 1. The fraction of sp³-hybridized carbons (Fsp3) is 0.636. The molecule has 1 aromatic rings. The number of carbonyl (C=O) groups excluding carboxylic acids is 1. The monoisotopic (exact) mass is 268 g/mol. The van der Waals surface area contributed by atoms with Gasteiger partial charge in [0.15, 0.2) is 0 Å². The second-order valence-electron chi connectivity index (χ2n) is 3.95. The Morgan fingerprint density at radius 3 is 2.63 bits per heavy atom. The summed E-state index contributed by atoms with van der Waals surface area (Å²) in [6.07, 6.45) is 1.87. The number of aromatic nitrogens is 3. The standard InChI is InChI=1S/C11H20N6O2/c1-3-5-6-17(7-8(12)18)10-14-9(13)15-11(16-10)19-4-2/h3-7H2,1-2H3,(H2,12,18)(H2,13,14,15,16). The first kappa shape index (κ1) is 14.9. The molecule has 0 radical (unpaired) electrons. The SMILES string of the molecule is CCCCN(CC(N)=O)c1nc(N)nc(OCC)n1. The summed E-state index contributed by atoms with van der Waals surface area (Å²) in [5.74, 6) is -0.0873. The lowest BCUT2D eigenvalue weighted by Crippen LogP contribution is -2.36. The molecule has 19 heavy (non-hydrogen) atoms. The van der Waals surface area contributed by atoms with E-state index in [0.717, 1.165) is 12.8 Å². The number of nitrogens with zero attached hydrogens (tertiary/aromatic N) is 4. The maximum Gasteiger partial charge on any atom is 0.323 e. The van der Waals surface area contributed by atoms with E-state index < -0.39 is 5.91 Å². The van der Waals surface area contributed by atoms with E-state index in [0.29, 0.717) is 19.1 Å². The molecule has 0 spiro atoms. The van der Waals surface area contributed by atoms with Crippen molar-refractivity contribution in [3.05, 3.63) is 0 Å². The van der Waals surface area contributed by atoms with Gasteiger partial charge < -0.3 is 21.1 Å². The smallest absolute Gasteiger partial charge is 0.323 e. The molecule has 8 heteroatoms. The fourth-order valence-electron chi connectivity index (χ4n) is 1.48. The van der Waals surface area contributed by atoms with Crippen LogP contribution in [0.1, 0.15) is 26.7 Å². The number of hydrogen-bond donors (Lipinski definition) is 2. The van der Waals surface area contributed by atoms with Gasteiger partial charge in [-0.1, -0.05) is 13.3 Å². The van der Waals surface area contributed by atoms with Gasteiger partial charge in [-0.2, -0.15) is 15.0 Å². The minimum atomic E-state index is -0.451. The highest BCUT2D eigenvalue weighted by Gasteiger charge is 2.15. The molecule has 0 aliphatic carbocycles. The van der Waals surface area contributed by atoms with Gasteiger partial charge in [0.2, 0.25) is 17.8 Å². The summed E-state index contributed by atoms with van der Waals surface area (Å²) in [5.41, 5.74) is 10.8. The number of hydrogen-bond acceptors (Lipinski definition) is 7. The van der Waals surface area contributed by atoms with E-state index in [1.54, 1.807) is 4.90 Å². The number of rotatable bonds is 8. The molecule has 0 saturated carbocycles. The molecular weight excluding hydrogens is 248 g/mol.